The van der Waals surface area contributed by atoms with E-state index in [9.17, 15) is 28.8 Å². The molecule has 0 aliphatic carbocycles. The Hall–Kier alpha value is -4.00. The summed E-state index contributed by atoms with van der Waals surface area (Å²) in [7, 11) is 0. The van der Waals surface area contributed by atoms with E-state index in [0.29, 0.717) is 0 Å². The molecule has 1 rings (SSSR count). The Balaban J connectivity index is 2.67. The van der Waals surface area contributed by atoms with Crippen LogP contribution in [0.1, 0.15) is 18.4 Å². The highest BCUT2D eigenvalue weighted by molar-refractivity contribution is 5.95. The first-order valence-corrected chi connectivity index (χ1v) is 9.39. The number of hydrogen-bond acceptors (Lipinski definition) is 7. The van der Waals surface area contributed by atoms with Crippen molar-refractivity contribution in [3.8, 4) is 0 Å². The number of benzene rings is 1. The molecule has 4 amide bonds. The summed E-state index contributed by atoms with van der Waals surface area (Å²) in [4.78, 5) is 69.4. The Morgan fingerprint density at radius 2 is 1.50 bits per heavy atom. The summed E-state index contributed by atoms with van der Waals surface area (Å²) >= 11 is 0. The number of carboxylic acid groups (broad SMARTS) is 2. The smallest absolute Gasteiger partial charge is 0.326 e. The number of rotatable bonds is 13. The molecule has 0 fully saturated rings. The third-order valence-corrected chi connectivity index (χ3v) is 4.11. The lowest BCUT2D eigenvalue weighted by Crippen LogP contribution is -2.54. The topological polar surface area (TPSA) is 231 Å². The van der Waals surface area contributed by atoms with Crippen LogP contribution in [0.5, 0.6) is 0 Å². The number of hydrogen-bond donors (Lipinski definition) is 7. The lowest BCUT2D eigenvalue weighted by atomic mass is 10.1. The van der Waals surface area contributed by atoms with E-state index < -0.39 is 73.1 Å². The van der Waals surface area contributed by atoms with Gasteiger partial charge in [-0.05, 0) is 12.0 Å². The number of carbonyl (C=O) groups is 6. The van der Waals surface area contributed by atoms with E-state index in [0.717, 1.165) is 5.56 Å². The molecule has 1 aromatic rings. The van der Waals surface area contributed by atoms with Gasteiger partial charge in [-0.25, -0.2) is 4.79 Å². The van der Waals surface area contributed by atoms with E-state index >= 15 is 0 Å². The zero-order valence-corrected chi connectivity index (χ0v) is 16.9. The lowest BCUT2D eigenvalue weighted by molar-refractivity contribution is -0.147. The number of primary amides is 1. The van der Waals surface area contributed by atoms with Crippen molar-refractivity contribution in [2.24, 2.45) is 11.5 Å². The Kier molecular flexibility index (Phi) is 10.3. The van der Waals surface area contributed by atoms with Crippen molar-refractivity contribution in [1.82, 2.24) is 16.0 Å². The highest BCUT2D eigenvalue weighted by atomic mass is 16.4. The molecule has 32 heavy (non-hydrogen) atoms. The molecule has 3 unspecified atom stereocenters. The van der Waals surface area contributed by atoms with Crippen LogP contribution in [0.4, 0.5) is 0 Å². The fourth-order valence-corrected chi connectivity index (χ4v) is 2.56. The molecule has 9 N–H and O–H groups in total. The van der Waals surface area contributed by atoms with Gasteiger partial charge in [0.1, 0.15) is 12.1 Å². The molecule has 3 atom stereocenters. The van der Waals surface area contributed by atoms with Gasteiger partial charge >= 0.3 is 11.9 Å². The maximum Gasteiger partial charge on any atom is 0.326 e. The van der Waals surface area contributed by atoms with Crippen LogP contribution in [0.25, 0.3) is 0 Å². The molecule has 13 nitrogen and oxygen atoms in total. The van der Waals surface area contributed by atoms with Gasteiger partial charge in [-0.1, -0.05) is 30.3 Å². The van der Waals surface area contributed by atoms with Crippen molar-refractivity contribution < 1.29 is 39.0 Å². The third kappa shape index (κ3) is 9.67. The Morgan fingerprint density at radius 3 is 2.03 bits per heavy atom. The summed E-state index contributed by atoms with van der Waals surface area (Å²) in [6.45, 7) is -0.733. The van der Waals surface area contributed by atoms with Gasteiger partial charge in [0.25, 0.3) is 0 Å². The number of carboxylic acids is 2. The molecule has 0 bridgehead atoms. The lowest BCUT2D eigenvalue weighted by Gasteiger charge is -2.20. The van der Waals surface area contributed by atoms with Crippen molar-refractivity contribution in [3.63, 3.8) is 0 Å². The largest absolute Gasteiger partial charge is 0.481 e. The van der Waals surface area contributed by atoms with Crippen LogP contribution in [-0.4, -0.2) is 70.5 Å². The average molecular weight is 451 g/mol. The summed E-state index contributed by atoms with van der Waals surface area (Å²) in [5.41, 5.74) is 11.7. The van der Waals surface area contributed by atoms with Crippen molar-refractivity contribution >= 4 is 35.6 Å². The first-order chi connectivity index (χ1) is 15.0. The molecule has 0 radical (unpaired) electrons. The minimum atomic E-state index is -1.70. The second kappa shape index (κ2) is 12.6. The maximum atomic E-state index is 12.3. The minimum Gasteiger partial charge on any atom is -0.481 e. The zero-order chi connectivity index (χ0) is 24.3. The molecule has 13 heteroatoms. The summed E-state index contributed by atoms with van der Waals surface area (Å²) in [5, 5.41) is 23.9. The minimum absolute atomic E-state index is 0.167. The zero-order valence-electron chi connectivity index (χ0n) is 16.9. The van der Waals surface area contributed by atoms with Crippen LogP contribution in [0.2, 0.25) is 0 Å². The average Bonchev–Trinajstić information content (AvgIpc) is 2.70. The summed E-state index contributed by atoms with van der Waals surface area (Å²) in [5.74, 6) is -6.58. The second-order valence-electron chi connectivity index (χ2n) is 6.80. The number of amides is 4. The van der Waals surface area contributed by atoms with Gasteiger partial charge in [-0.3, -0.25) is 24.0 Å². The third-order valence-electron chi connectivity index (χ3n) is 4.11. The summed E-state index contributed by atoms with van der Waals surface area (Å²) < 4.78 is 0. The Bertz CT molecular complexity index is 861. The van der Waals surface area contributed by atoms with Gasteiger partial charge in [0.2, 0.25) is 23.6 Å². The molecule has 0 aromatic heterocycles. The number of aliphatic carboxylic acids is 2. The number of nitrogens with two attached hydrogens (primary N) is 2. The van der Waals surface area contributed by atoms with Crippen LogP contribution >= 0.6 is 0 Å². The van der Waals surface area contributed by atoms with E-state index in [-0.39, 0.29) is 6.42 Å². The molecule has 0 heterocycles. The fraction of sp³-hybridized carbons (Fsp3) is 0.368. The number of carbonyl (C=O) groups excluding carboxylic acids is 4. The standard InChI is InChI=1S/C19H25N5O8/c20-11(6-10-4-2-1-3-5-10)17(29)24-12(7-14(21)25)18(30)22-9-15(26)23-13(19(31)32)8-16(27)28/h1-5,11-13H,6-9,20H2,(H2,21,25)(H,22,30)(H,23,26)(H,24,29)(H,27,28)(H,31,32). The molecule has 0 aliphatic heterocycles. The SMILES string of the molecule is NC(=O)CC(NC(=O)C(N)Cc1ccccc1)C(=O)NCC(=O)NC(CC(=O)O)C(=O)O. The van der Waals surface area contributed by atoms with Gasteiger partial charge < -0.3 is 37.6 Å². The fourth-order valence-electron chi connectivity index (χ4n) is 2.56. The van der Waals surface area contributed by atoms with Crippen LogP contribution < -0.4 is 27.4 Å². The quantitative estimate of drug-likeness (QED) is 0.162. The van der Waals surface area contributed by atoms with E-state index in [1.807, 2.05) is 5.32 Å². The van der Waals surface area contributed by atoms with E-state index in [2.05, 4.69) is 10.6 Å². The van der Waals surface area contributed by atoms with Crippen molar-refractivity contribution in [1.29, 1.82) is 0 Å². The van der Waals surface area contributed by atoms with Crippen LogP contribution in [-0.2, 0) is 35.2 Å². The van der Waals surface area contributed by atoms with Crippen molar-refractivity contribution in [2.75, 3.05) is 6.54 Å². The summed E-state index contributed by atoms with van der Waals surface area (Å²) in [6, 6.07) is 4.68. The van der Waals surface area contributed by atoms with Crippen molar-refractivity contribution in [3.05, 3.63) is 35.9 Å². The Morgan fingerprint density at radius 1 is 0.875 bits per heavy atom. The highest BCUT2D eigenvalue weighted by Crippen LogP contribution is 2.03. The van der Waals surface area contributed by atoms with E-state index in [1.54, 1.807) is 30.3 Å². The van der Waals surface area contributed by atoms with Gasteiger partial charge in [0, 0.05) is 0 Å². The molecular weight excluding hydrogens is 426 g/mol. The monoisotopic (exact) mass is 451 g/mol. The highest BCUT2D eigenvalue weighted by Gasteiger charge is 2.27. The first-order valence-electron chi connectivity index (χ1n) is 9.39. The number of nitrogens with one attached hydrogen (secondary N) is 3. The maximum absolute atomic E-state index is 12.3. The van der Waals surface area contributed by atoms with E-state index in [4.69, 9.17) is 21.7 Å². The predicted octanol–water partition coefficient (Wildman–Crippen LogP) is -2.92. The van der Waals surface area contributed by atoms with Crippen LogP contribution in [0, 0.1) is 0 Å². The molecule has 174 valence electrons. The molecule has 1 aromatic carbocycles. The first kappa shape index (κ1) is 26.0. The molecule has 0 aliphatic rings. The Labute approximate surface area is 182 Å². The van der Waals surface area contributed by atoms with Gasteiger partial charge in [-0.2, -0.15) is 0 Å². The van der Waals surface area contributed by atoms with Gasteiger partial charge in [-0.15, -0.1) is 0 Å². The van der Waals surface area contributed by atoms with Crippen LogP contribution in [0.3, 0.4) is 0 Å². The molecule has 0 spiro atoms. The van der Waals surface area contributed by atoms with E-state index in [1.165, 1.54) is 0 Å². The van der Waals surface area contributed by atoms with Gasteiger partial charge in [0.15, 0.2) is 0 Å². The van der Waals surface area contributed by atoms with Gasteiger partial charge in [0.05, 0.1) is 25.4 Å². The molecular formula is C19H25N5O8. The van der Waals surface area contributed by atoms with Crippen LogP contribution in [0.15, 0.2) is 30.3 Å². The second-order valence-corrected chi connectivity index (χ2v) is 6.80. The summed E-state index contributed by atoms with van der Waals surface area (Å²) in [6.07, 6.45) is -1.27. The predicted molar refractivity (Wildman–Crippen MR) is 109 cm³/mol. The molecule has 0 saturated heterocycles. The normalized spacial score (nSPS) is 13.2. The molecule has 0 saturated carbocycles. The van der Waals surface area contributed by atoms with Crippen molar-refractivity contribution in [2.45, 2.75) is 37.4 Å².